The summed E-state index contributed by atoms with van der Waals surface area (Å²) in [7, 11) is 0. The Bertz CT molecular complexity index is 618. The first-order valence-corrected chi connectivity index (χ1v) is 6.73. The Kier molecular flexibility index (Phi) is 4.50. The molecule has 0 heterocycles. The minimum Gasteiger partial charge on any atom is -0.488 e. The van der Waals surface area contributed by atoms with E-state index in [2.05, 4.69) is 15.9 Å². The summed E-state index contributed by atoms with van der Waals surface area (Å²) >= 11 is 8.17. The molecule has 2 rings (SSSR count). The van der Waals surface area contributed by atoms with Crippen LogP contribution in [0.5, 0.6) is 5.75 Å². The normalized spacial score (nSPS) is 10.2. The van der Waals surface area contributed by atoms with E-state index < -0.39 is 0 Å². The summed E-state index contributed by atoms with van der Waals surface area (Å²) < 4.78 is 19.1. The maximum Gasteiger partial charge on any atom is 0.134 e. The van der Waals surface area contributed by atoms with E-state index in [9.17, 15) is 4.39 Å². The van der Waals surface area contributed by atoms with E-state index in [1.54, 1.807) is 6.07 Å². The van der Waals surface area contributed by atoms with E-state index in [0.29, 0.717) is 21.8 Å². The predicted octanol–water partition coefficient (Wildman–Crippen LogP) is 3.80. The van der Waals surface area contributed by atoms with Gasteiger partial charge < -0.3 is 10.5 Å². The number of benzene rings is 2. The summed E-state index contributed by atoms with van der Waals surface area (Å²) in [6.07, 6.45) is 0. The highest BCUT2D eigenvalue weighted by atomic mass is 79.9. The number of hydrogen-bond donors (Lipinski definition) is 1. The van der Waals surface area contributed by atoms with Crippen LogP contribution in [-0.4, -0.2) is 4.99 Å². The van der Waals surface area contributed by atoms with Crippen LogP contribution in [-0.2, 0) is 6.61 Å². The van der Waals surface area contributed by atoms with E-state index in [-0.39, 0.29) is 5.82 Å². The summed E-state index contributed by atoms with van der Waals surface area (Å²) in [6, 6.07) is 11.8. The van der Waals surface area contributed by atoms with Crippen LogP contribution in [0.15, 0.2) is 46.9 Å². The molecule has 0 bridgehead atoms. The molecular weight excluding hydrogens is 329 g/mol. The van der Waals surface area contributed by atoms with Gasteiger partial charge in [0.25, 0.3) is 0 Å². The second-order valence-corrected chi connectivity index (χ2v) is 5.22. The molecule has 2 nitrogen and oxygen atoms in total. The molecule has 2 aromatic carbocycles. The zero-order valence-corrected chi connectivity index (χ0v) is 12.3. The highest BCUT2D eigenvalue weighted by Gasteiger charge is 2.04. The summed E-state index contributed by atoms with van der Waals surface area (Å²) in [5, 5.41) is 0. The Morgan fingerprint density at radius 1 is 1.26 bits per heavy atom. The molecule has 0 unspecified atom stereocenters. The lowest BCUT2D eigenvalue weighted by Gasteiger charge is -2.09. The molecule has 2 aromatic rings. The largest absolute Gasteiger partial charge is 0.488 e. The topological polar surface area (TPSA) is 35.2 Å². The first kappa shape index (κ1) is 14.0. The van der Waals surface area contributed by atoms with Gasteiger partial charge in [-0.2, -0.15) is 0 Å². The molecule has 2 N–H and O–H groups in total. The van der Waals surface area contributed by atoms with Gasteiger partial charge in [-0.05, 0) is 45.8 Å². The number of ether oxygens (including phenoxy) is 1. The van der Waals surface area contributed by atoms with Gasteiger partial charge in [0.05, 0.1) is 4.47 Å². The average molecular weight is 340 g/mol. The SMILES string of the molecule is NC(=S)c1cccc(COc2ccc(F)cc2Br)c1. The van der Waals surface area contributed by atoms with Gasteiger partial charge in [-0.25, -0.2) is 4.39 Å². The van der Waals surface area contributed by atoms with Gasteiger partial charge in [0.1, 0.15) is 23.2 Å². The van der Waals surface area contributed by atoms with Crippen molar-refractivity contribution >= 4 is 33.1 Å². The van der Waals surface area contributed by atoms with Gasteiger partial charge in [0, 0.05) is 5.56 Å². The third-order valence-electron chi connectivity index (χ3n) is 2.50. The van der Waals surface area contributed by atoms with E-state index in [4.69, 9.17) is 22.7 Å². The van der Waals surface area contributed by atoms with Crippen molar-refractivity contribution in [1.82, 2.24) is 0 Å². The highest BCUT2D eigenvalue weighted by molar-refractivity contribution is 9.10. The fraction of sp³-hybridized carbons (Fsp3) is 0.0714. The smallest absolute Gasteiger partial charge is 0.134 e. The van der Waals surface area contributed by atoms with Gasteiger partial charge in [-0.15, -0.1) is 0 Å². The van der Waals surface area contributed by atoms with Crippen LogP contribution < -0.4 is 10.5 Å². The Morgan fingerprint density at radius 3 is 2.74 bits per heavy atom. The molecule has 0 aliphatic heterocycles. The summed E-state index contributed by atoms with van der Waals surface area (Å²) in [5.41, 5.74) is 7.32. The lowest BCUT2D eigenvalue weighted by atomic mass is 10.1. The molecule has 0 aliphatic carbocycles. The molecule has 98 valence electrons. The molecule has 0 saturated carbocycles. The van der Waals surface area contributed by atoms with Crippen LogP contribution in [0.25, 0.3) is 0 Å². The van der Waals surface area contributed by atoms with Gasteiger partial charge in [0.15, 0.2) is 0 Å². The molecule has 0 saturated heterocycles. The Labute approximate surface area is 124 Å². The summed E-state index contributed by atoms with van der Waals surface area (Å²) in [5.74, 6) is 0.275. The Hall–Kier alpha value is -1.46. The number of hydrogen-bond acceptors (Lipinski definition) is 2. The number of thiocarbonyl (C=S) groups is 1. The molecule has 0 radical (unpaired) electrons. The lowest BCUT2D eigenvalue weighted by Crippen LogP contribution is -2.09. The Morgan fingerprint density at radius 2 is 2.05 bits per heavy atom. The Balaban J connectivity index is 2.10. The third kappa shape index (κ3) is 3.75. The predicted molar refractivity (Wildman–Crippen MR) is 80.8 cm³/mol. The second-order valence-electron chi connectivity index (χ2n) is 3.93. The van der Waals surface area contributed by atoms with E-state index in [0.717, 1.165) is 11.1 Å². The number of halogens is 2. The molecule has 19 heavy (non-hydrogen) atoms. The molecule has 0 fully saturated rings. The maximum atomic E-state index is 12.9. The first-order chi connectivity index (χ1) is 9.06. The van der Waals surface area contributed by atoms with E-state index in [1.807, 2.05) is 24.3 Å². The van der Waals surface area contributed by atoms with E-state index >= 15 is 0 Å². The minimum atomic E-state index is -0.310. The van der Waals surface area contributed by atoms with E-state index in [1.165, 1.54) is 12.1 Å². The molecule has 5 heteroatoms. The van der Waals surface area contributed by atoms with Crippen LogP contribution in [0.4, 0.5) is 4.39 Å². The third-order valence-corrected chi connectivity index (χ3v) is 3.36. The monoisotopic (exact) mass is 339 g/mol. The average Bonchev–Trinajstić information content (AvgIpc) is 2.38. The minimum absolute atomic E-state index is 0.310. The van der Waals surface area contributed by atoms with Crippen molar-refractivity contribution in [2.45, 2.75) is 6.61 Å². The van der Waals surface area contributed by atoms with Gasteiger partial charge in [-0.3, -0.25) is 0 Å². The van der Waals surface area contributed by atoms with Crippen molar-refractivity contribution in [2.24, 2.45) is 5.73 Å². The lowest BCUT2D eigenvalue weighted by molar-refractivity contribution is 0.303. The quantitative estimate of drug-likeness (QED) is 0.860. The molecular formula is C14H11BrFNOS. The fourth-order valence-corrected chi connectivity index (χ4v) is 2.16. The van der Waals surface area contributed by atoms with Crippen LogP contribution in [0.2, 0.25) is 0 Å². The van der Waals surface area contributed by atoms with Gasteiger partial charge in [0.2, 0.25) is 0 Å². The zero-order chi connectivity index (χ0) is 13.8. The van der Waals surface area contributed by atoms with Crippen molar-refractivity contribution in [3.8, 4) is 5.75 Å². The van der Waals surface area contributed by atoms with Gasteiger partial charge in [-0.1, -0.05) is 30.4 Å². The molecule has 0 aromatic heterocycles. The van der Waals surface area contributed by atoms with Gasteiger partial charge >= 0.3 is 0 Å². The molecule has 0 amide bonds. The first-order valence-electron chi connectivity index (χ1n) is 5.53. The van der Waals surface area contributed by atoms with Crippen LogP contribution in [0, 0.1) is 5.82 Å². The summed E-state index contributed by atoms with van der Waals surface area (Å²) in [6.45, 7) is 0.362. The van der Waals surface area contributed by atoms with Crippen LogP contribution in [0.1, 0.15) is 11.1 Å². The van der Waals surface area contributed by atoms with Crippen molar-refractivity contribution in [2.75, 3.05) is 0 Å². The van der Waals surface area contributed by atoms with Crippen LogP contribution in [0.3, 0.4) is 0 Å². The van der Waals surface area contributed by atoms with Crippen LogP contribution >= 0.6 is 28.1 Å². The van der Waals surface area contributed by atoms with Crippen molar-refractivity contribution in [3.05, 3.63) is 63.9 Å². The zero-order valence-electron chi connectivity index (χ0n) is 9.90. The van der Waals surface area contributed by atoms with Crippen molar-refractivity contribution < 1.29 is 9.13 Å². The molecule has 0 atom stereocenters. The molecule has 0 spiro atoms. The summed E-state index contributed by atoms with van der Waals surface area (Å²) in [4.78, 5) is 0.352. The second kappa shape index (κ2) is 6.12. The number of rotatable bonds is 4. The number of nitrogens with two attached hydrogens (primary N) is 1. The maximum absolute atomic E-state index is 12.9. The molecule has 0 aliphatic rings. The van der Waals surface area contributed by atoms with Crippen molar-refractivity contribution in [3.63, 3.8) is 0 Å². The van der Waals surface area contributed by atoms with Crippen molar-refractivity contribution in [1.29, 1.82) is 0 Å². The standard InChI is InChI=1S/C14H11BrFNOS/c15-12-7-11(16)4-5-13(12)18-8-9-2-1-3-10(6-9)14(17)19/h1-7H,8H2,(H2,17,19). The highest BCUT2D eigenvalue weighted by Crippen LogP contribution is 2.26. The fourth-order valence-electron chi connectivity index (χ4n) is 1.57.